The average molecular weight is 285 g/mol. The van der Waals surface area contributed by atoms with Gasteiger partial charge in [-0.2, -0.15) is 0 Å². The summed E-state index contributed by atoms with van der Waals surface area (Å²) in [5.41, 5.74) is 0.619. The summed E-state index contributed by atoms with van der Waals surface area (Å²) in [5.74, 6) is -0.203. The molecule has 1 saturated heterocycles. The molecule has 1 N–H and O–H groups in total. The molecule has 1 aromatic rings. The first kappa shape index (κ1) is 14.8. The molecule has 106 valence electrons. The number of nitrogens with zero attached hydrogens (tertiary/aromatic N) is 1. The van der Waals surface area contributed by atoms with Gasteiger partial charge >= 0.3 is 0 Å². The van der Waals surface area contributed by atoms with Crippen LogP contribution in [-0.2, 0) is 6.54 Å². The van der Waals surface area contributed by atoms with E-state index in [4.69, 9.17) is 11.6 Å². The van der Waals surface area contributed by atoms with E-state index in [2.05, 4.69) is 24.1 Å². The van der Waals surface area contributed by atoms with Gasteiger partial charge in [0.15, 0.2) is 0 Å². The number of nitrogens with one attached hydrogen (secondary N) is 1. The quantitative estimate of drug-likeness (QED) is 0.911. The molecular weight excluding hydrogens is 263 g/mol. The highest BCUT2D eigenvalue weighted by molar-refractivity contribution is 6.31. The van der Waals surface area contributed by atoms with Gasteiger partial charge in [0.2, 0.25) is 0 Å². The summed E-state index contributed by atoms with van der Waals surface area (Å²) in [6, 6.07) is 5.81. The SMILES string of the molecule is CCCC1CN(Cc2c(F)cccc2Cl)C(C)CN1. The van der Waals surface area contributed by atoms with Crippen molar-refractivity contribution in [3.63, 3.8) is 0 Å². The molecule has 0 radical (unpaired) electrons. The molecule has 0 amide bonds. The monoisotopic (exact) mass is 284 g/mol. The molecule has 1 fully saturated rings. The number of benzene rings is 1. The summed E-state index contributed by atoms with van der Waals surface area (Å²) < 4.78 is 13.9. The molecule has 0 bridgehead atoms. The fourth-order valence-electron chi connectivity index (χ4n) is 2.64. The van der Waals surface area contributed by atoms with E-state index in [0.717, 1.165) is 19.5 Å². The van der Waals surface area contributed by atoms with Crippen molar-refractivity contribution in [3.8, 4) is 0 Å². The lowest BCUT2D eigenvalue weighted by atomic mass is 10.0. The smallest absolute Gasteiger partial charge is 0.129 e. The van der Waals surface area contributed by atoms with Crippen molar-refractivity contribution < 1.29 is 4.39 Å². The van der Waals surface area contributed by atoms with Crippen molar-refractivity contribution in [1.29, 1.82) is 0 Å². The topological polar surface area (TPSA) is 15.3 Å². The maximum absolute atomic E-state index is 13.9. The zero-order valence-electron chi connectivity index (χ0n) is 11.6. The van der Waals surface area contributed by atoms with Crippen LogP contribution in [0.1, 0.15) is 32.3 Å². The summed E-state index contributed by atoms with van der Waals surface area (Å²) in [6.07, 6.45) is 2.33. The van der Waals surface area contributed by atoms with Crippen molar-refractivity contribution in [2.45, 2.75) is 45.3 Å². The minimum absolute atomic E-state index is 0.203. The van der Waals surface area contributed by atoms with E-state index in [-0.39, 0.29) is 5.82 Å². The van der Waals surface area contributed by atoms with Crippen molar-refractivity contribution in [2.75, 3.05) is 13.1 Å². The first-order valence-corrected chi connectivity index (χ1v) is 7.40. The zero-order chi connectivity index (χ0) is 13.8. The molecule has 2 unspecified atom stereocenters. The first-order valence-electron chi connectivity index (χ1n) is 7.02. The van der Waals surface area contributed by atoms with E-state index in [1.807, 2.05) is 0 Å². The van der Waals surface area contributed by atoms with E-state index in [1.54, 1.807) is 12.1 Å². The number of rotatable bonds is 4. The highest BCUT2D eigenvalue weighted by atomic mass is 35.5. The molecule has 19 heavy (non-hydrogen) atoms. The Morgan fingerprint density at radius 1 is 1.47 bits per heavy atom. The molecule has 1 heterocycles. The van der Waals surface area contributed by atoms with Gasteiger partial charge in [0, 0.05) is 42.3 Å². The third-order valence-corrected chi connectivity index (χ3v) is 4.19. The largest absolute Gasteiger partial charge is 0.311 e. The minimum atomic E-state index is -0.203. The Morgan fingerprint density at radius 2 is 2.26 bits per heavy atom. The van der Waals surface area contributed by atoms with Crippen LogP contribution in [0.15, 0.2) is 18.2 Å². The predicted molar refractivity (Wildman–Crippen MR) is 78.0 cm³/mol. The Morgan fingerprint density at radius 3 is 2.95 bits per heavy atom. The predicted octanol–water partition coefficient (Wildman–Crippen LogP) is 3.44. The van der Waals surface area contributed by atoms with Crippen LogP contribution >= 0.6 is 11.6 Å². The second-order valence-electron chi connectivity index (χ2n) is 5.37. The summed E-state index contributed by atoms with van der Waals surface area (Å²) in [6.45, 7) is 6.87. The lowest BCUT2D eigenvalue weighted by molar-refractivity contribution is 0.128. The van der Waals surface area contributed by atoms with Gasteiger partial charge in [-0.15, -0.1) is 0 Å². The molecule has 2 rings (SSSR count). The van der Waals surface area contributed by atoms with Crippen LogP contribution in [0.3, 0.4) is 0 Å². The van der Waals surface area contributed by atoms with Crippen LogP contribution in [0.4, 0.5) is 4.39 Å². The summed E-state index contributed by atoms with van der Waals surface area (Å²) in [5, 5.41) is 4.07. The van der Waals surface area contributed by atoms with E-state index >= 15 is 0 Å². The van der Waals surface area contributed by atoms with E-state index in [0.29, 0.717) is 29.2 Å². The molecule has 4 heteroatoms. The molecule has 1 aromatic carbocycles. The molecular formula is C15H22ClFN2. The van der Waals surface area contributed by atoms with Crippen molar-refractivity contribution in [3.05, 3.63) is 34.6 Å². The number of hydrogen-bond acceptors (Lipinski definition) is 2. The fourth-order valence-corrected chi connectivity index (χ4v) is 2.87. The maximum Gasteiger partial charge on any atom is 0.129 e. The van der Waals surface area contributed by atoms with Gasteiger partial charge in [0.25, 0.3) is 0 Å². The van der Waals surface area contributed by atoms with Crippen molar-refractivity contribution in [2.24, 2.45) is 0 Å². The molecule has 1 aliphatic rings. The highest BCUT2D eigenvalue weighted by Crippen LogP contribution is 2.23. The van der Waals surface area contributed by atoms with Crippen LogP contribution in [-0.4, -0.2) is 30.1 Å². The van der Waals surface area contributed by atoms with E-state index < -0.39 is 0 Å². The second-order valence-corrected chi connectivity index (χ2v) is 5.78. The first-order chi connectivity index (χ1) is 9.11. The summed E-state index contributed by atoms with van der Waals surface area (Å²) in [7, 11) is 0. The second kappa shape index (κ2) is 6.69. The molecule has 1 aliphatic heterocycles. The number of hydrogen-bond donors (Lipinski definition) is 1. The van der Waals surface area contributed by atoms with Gasteiger partial charge in [-0.3, -0.25) is 4.90 Å². The molecule has 2 atom stereocenters. The number of halogens is 2. The third kappa shape index (κ3) is 3.68. The van der Waals surface area contributed by atoms with Gasteiger partial charge < -0.3 is 5.32 Å². The Balaban J connectivity index is 2.08. The lowest BCUT2D eigenvalue weighted by Crippen LogP contribution is -2.54. The van der Waals surface area contributed by atoms with Crippen LogP contribution < -0.4 is 5.32 Å². The van der Waals surface area contributed by atoms with Crippen molar-refractivity contribution >= 4 is 11.6 Å². The zero-order valence-corrected chi connectivity index (χ0v) is 12.4. The van der Waals surface area contributed by atoms with Gasteiger partial charge in [-0.05, 0) is 25.5 Å². The van der Waals surface area contributed by atoms with Gasteiger partial charge in [0.05, 0.1) is 0 Å². The molecule has 2 nitrogen and oxygen atoms in total. The standard InChI is InChI=1S/C15H22ClFN2/c1-3-5-12-9-19(11(2)8-18-12)10-13-14(16)6-4-7-15(13)17/h4,6-7,11-12,18H,3,5,8-10H2,1-2H3. The fraction of sp³-hybridized carbons (Fsp3) is 0.600. The molecule has 0 spiro atoms. The third-order valence-electron chi connectivity index (χ3n) is 3.84. The van der Waals surface area contributed by atoms with Crippen molar-refractivity contribution in [1.82, 2.24) is 10.2 Å². The van der Waals surface area contributed by atoms with Gasteiger partial charge in [-0.25, -0.2) is 4.39 Å². The molecule has 0 aliphatic carbocycles. The summed E-state index contributed by atoms with van der Waals surface area (Å²) in [4.78, 5) is 2.32. The van der Waals surface area contributed by atoms with Crippen LogP contribution in [0.25, 0.3) is 0 Å². The Labute approximate surface area is 119 Å². The molecule has 0 aromatic heterocycles. The van der Waals surface area contributed by atoms with Gasteiger partial charge in [-0.1, -0.05) is 31.0 Å². The Kier molecular flexibility index (Phi) is 5.20. The van der Waals surface area contributed by atoms with Crippen LogP contribution in [0, 0.1) is 5.82 Å². The molecule has 0 saturated carbocycles. The number of piperazine rings is 1. The van der Waals surface area contributed by atoms with Crippen LogP contribution in [0.5, 0.6) is 0 Å². The Bertz CT molecular complexity index is 404. The average Bonchev–Trinajstić information content (AvgIpc) is 2.38. The summed E-state index contributed by atoms with van der Waals surface area (Å²) >= 11 is 6.11. The lowest BCUT2D eigenvalue weighted by Gasteiger charge is -2.39. The van der Waals surface area contributed by atoms with E-state index in [9.17, 15) is 4.39 Å². The van der Waals surface area contributed by atoms with Gasteiger partial charge in [0.1, 0.15) is 5.82 Å². The minimum Gasteiger partial charge on any atom is -0.311 e. The maximum atomic E-state index is 13.9. The highest BCUT2D eigenvalue weighted by Gasteiger charge is 2.25. The van der Waals surface area contributed by atoms with Crippen LogP contribution in [0.2, 0.25) is 5.02 Å². The normalized spacial score (nSPS) is 24.6. The van der Waals surface area contributed by atoms with E-state index in [1.165, 1.54) is 12.5 Å². The Hall–Kier alpha value is -0.640.